The van der Waals surface area contributed by atoms with Crippen LogP contribution in [0.1, 0.15) is 47.4 Å². The monoisotopic (exact) mass is 373 g/mol. The normalized spacial score (nSPS) is 24.8. The molecule has 0 unspecified atom stereocenters. The second-order valence-corrected chi connectivity index (χ2v) is 8.26. The van der Waals surface area contributed by atoms with Gasteiger partial charge < -0.3 is 5.32 Å². The van der Waals surface area contributed by atoms with Crippen LogP contribution in [-0.2, 0) is 4.79 Å². The molecule has 0 saturated heterocycles. The van der Waals surface area contributed by atoms with E-state index in [1.807, 2.05) is 12.1 Å². The summed E-state index contributed by atoms with van der Waals surface area (Å²) >= 11 is 5.98. The molecular formula is C24H20ClNO. The lowest BCUT2D eigenvalue weighted by molar-refractivity contribution is -0.126. The molecule has 134 valence electrons. The third-order valence-electron chi connectivity index (χ3n) is 6.25. The second-order valence-electron chi connectivity index (χ2n) is 7.83. The van der Waals surface area contributed by atoms with Gasteiger partial charge in [-0.05, 0) is 59.9 Å². The number of hydrogen-bond donors (Lipinski definition) is 1. The van der Waals surface area contributed by atoms with Gasteiger partial charge in [-0.15, -0.1) is 0 Å². The first-order valence-corrected chi connectivity index (χ1v) is 9.70. The smallest absolute Gasteiger partial charge is 0.231 e. The highest BCUT2D eigenvalue weighted by Gasteiger charge is 2.53. The van der Waals surface area contributed by atoms with Crippen LogP contribution in [0.15, 0.2) is 72.8 Å². The summed E-state index contributed by atoms with van der Waals surface area (Å²) in [7, 11) is 0. The number of carbonyl (C=O) groups is 1. The van der Waals surface area contributed by atoms with Gasteiger partial charge in [0.2, 0.25) is 5.91 Å². The van der Waals surface area contributed by atoms with Gasteiger partial charge in [-0.25, -0.2) is 0 Å². The molecule has 3 aliphatic rings. The maximum absolute atomic E-state index is 13.4. The molecule has 1 N–H and O–H groups in total. The van der Waals surface area contributed by atoms with Crippen LogP contribution < -0.4 is 5.32 Å². The van der Waals surface area contributed by atoms with E-state index in [9.17, 15) is 4.79 Å². The summed E-state index contributed by atoms with van der Waals surface area (Å²) in [6.07, 6.45) is 0.825. The van der Waals surface area contributed by atoms with Crippen LogP contribution in [0.2, 0.25) is 5.02 Å². The number of halogens is 1. The van der Waals surface area contributed by atoms with E-state index in [4.69, 9.17) is 11.6 Å². The van der Waals surface area contributed by atoms with Crippen molar-refractivity contribution in [1.29, 1.82) is 0 Å². The second kappa shape index (κ2) is 5.97. The summed E-state index contributed by atoms with van der Waals surface area (Å²) in [5, 5.41) is 3.79. The molecule has 0 spiro atoms. The molecule has 3 aromatic rings. The van der Waals surface area contributed by atoms with Crippen molar-refractivity contribution in [3.8, 4) is 0 Å². The fraction of sp³-hybridized carbons (Fsp3) is 0.208. The van der Waals surface area contributed by atoms with Gasteiger partial charge in [-0.3, -0.25) is 4.79 Å². The molecule has 6 rings (SSSR count). The van der Waals surface area contributed by atoms with Crippen molar-refractivity contribution >= 4 is 23.2 Å². The molecular weight excluding hydrogens is 354 g/mol. The first-order valence-electron chi connectivity index (χ1n) is 9.32. The highest BCUT2D eigenvalue weighted by atomic mass is 35.5. The summed E-state index contributed by atoms with van der Waals surface area (Å²) in [6.45, 7) is 2.11. The van der Waals surface area contributed by atoms with Gasteiger partial charge in [0.15, 0.2) is 0 Å². The van der Waals surface area contributed by atoms with E-state index in [0.29, 0.717) is 5.02 Å². The Hall–Kier alpha value is -2.58. The summed E-state index contributed by atoms with van der Waals surface area (Å²) < 4.78 is 0. The number of amides is 1. The molecule has 3 aromatic carbocycles. The fourth-order valence-corrected chi connectivity index (χ4v) is 5.12. The molecule has 2 nitrogen and oxygen atoms in total. The van der Waals surface area contributed by atoms with Gasteiger partial charge in [0.25, 0.3) is 0 Å². The van der Waals surface area contributed by atoms with E-state index >= 15 is 0 Å². The quantitative estimate of drug-likeness (QED) is 0.589. The van der Waals surface area contributed by atoms with Gasteiger partial charge in [-0.2, -0.15) is 0 Å². The Kier molecular flexibility index (Phi) is 3.66. The first-order chi connectivity index (χ1) is 13.1. The molecule has 1 atom stereocenters. The van der Waals surface area contributed by atoms with Crippen LogP contribution in [0.4, 0.5) is 5.69 Å². The van der Waals surface area contributed by atoms with Crippen LogP contribution in [-0.4, -0.2) is 5.91 Å². The van der Waals surface area contributed by atoms with E-state index in [2.05, 4.69) is 60.8 Å². The van der Waals surface area contributed by atoms with Crippen LogP contribution in [0, 0.1) is 5.41 Å². The third-order valence-corrected chi connectivity index (χ3v) is 6.50. The van der Waals surface area contributed by atoms with Gasteiger partial charge in [0, 0.05) is 22.5 Å². The van der Waals surface area contributed by atoms with Crippen molar-refractivity contribution in [2.24, 2.45) is 5.41 Å². The Morgan fingerprint density at radius 1 is 0.889 bits per heavy atom. The van der Waals surface area contributed by atoms with E-state index in [0.717, 1.165) is 12.1 Å². The van der Waals surface area contributed by atoms with Gasteiger partial charge in [0.05, 0.1) is 5.41 Å². The molecule has 2 bridgehead atoms. The van der Waals surface area contributed by atoms with Crippen LogP contribution in [0.25, 0.3) is 0 Å². The lowest BCUT2D eigenvalue weighted by Crippen LogP contribution is -2.47. The minimum atomic E-state index is -0.493. The van der Waals surface area contributed by atoms with Crippen molar-refractivity contribution < 1.29 is 4.79 Å². The van der Waals surface area contributed by atoms with Crippen molar-refractivity contribution in [2.75, 3.05) is 5.32 Å². The molecule has 0 aliphatic heterocycles. The molecule has 3 heteroatoms. The zero-order valence-corrected chi connectivity index (χ0v) is 15.8. The predicted octanol–water partition coefficient (Wildman–Crippen LogP) is 5.97. The van der Waals surface area contributed by atoms with Gasteiger partial charge >= 0.3 is 0 Å². The number of rotatable bonds is 2. The minimum absolute atomic E-state index is 0.0715. The van der Waals surface area contributed by atoms with Crippen molar-refractivity contribution in [3.63, 3.8) is 0 Å². The van der Waals surface area contributed by atoms with Crippen LogP contribution in [0.5, 0.6) is 0 Å². The topological polar surface area (TPSA) is 29.1 Å². The SMILES string of the molecule is C[C@]1(C(=O)Nc2ccc(Cl)cc2)CC2c3ccccc3C1c1ccccc12. The first kappa shape index (κ1) is 16.6. The Bertz CT molecular complexity index is 995. The Morgan fingerprint density at radius 2 is 1.41 bits per heavy atom. The summed E-state index contributed by atoms with van der Waals surface area (Å²) in [5.41, 5.74) is 5.62. The minimum Gasteiger partial charge on any atom is -0.326 e. The maximum Gasteiger partial charge on any atom is 0.231 e. The number of benzene rings is 3. The predicted molar refractivity (Wildman–Crippen MR) is 109 cm³/mol. The zero-order chi connectivity index (χ0) is 18.6. The number of anilines is 1. The average molecular weight is 374 g/mol. The highest BCUT2D eigenvalue weighted by molar-refractivity contribution is 6.30. The molecule has 0 aromatic heterocycles. The number of hydrogen-bond acceptors (Lipinski definition) is 1. The van der Waals surface area contributed by atoms with Gasteiger partial charge in [0.1, 0.15) is 0 Å². The van der Waals surface area contributed by atoms with Gasteiger partial charge in [-0.1, -0.05) is 60.1 Å². The van der Waals surface area contributed by atoms with Crippen molar-refractivity contribution in [2.45, 2.75) is 25.2 Å². The standard InChI is InChI=1S/C24H20ClNO/c1-24(23(27)26-16-12-10-15(25)11-13-16)14-21-17-6-2-4-8-19(17)22(24)20-9-5-3-7-18(20)21/h2-13,21-22H,14H2,1H3,(H,26,27)/t21?,22?,24-/m0/s1. The maximum atomic E-state index is 13.4. The Balaban J connectivity index is 1.59. The van der Waals surface area contributed by atoms with Crippen molar-refractivity contribution in [1.82, 2.24) is 0 Å². The van der Waals surface area contributed by atoms with E-state index < -0.39 is 5.41 Å². The molecule has 0 heterocycles. The summed E-state index contributed by atoms with van der Waals surface area (Å²) in [6, 6.07) is 24.5. The Labute approximate surface area is 164 Å². The highest BCUT2D eigenvalue weighted by Crippen LogP contribution is 2.61. The largest absolute Gasteiger partial charge is 0.326 e. The lowest BCUT2D eigenvalue weighted by atomic mass is 9.52. The van der Waals surface area contributed by atoms with Crippen LogP contribution in [0.3, 0.4) is 0 Å². The fourth-order valence-electron chi connectivity index (χ4n) is 5.00. The van der Waals surface area contributed by atoms with Crippen molar-refractivity contribution in [3.05, 3.63) is 100 Å². The van der Waals surface area contributed by atoms with E-state index in [1.54, 1.807) is 12.1 Å². The Morgan fingerprint density at radius 3 is 1.96 bits per heavy atom. The third kappa shape index (κ3) is 2.44. The number of fused-ring (bicyclic) bond motifs is 1. The molecule has 0 saturated carbocycles. The molecule has 27 heavy (non-hydrogen) atoms. The van der Waals surface area contributed by atoms with Crippen LogP contribution >= 0.6 is 11.6 Å². The number of nitrogens with one attached hydrogen (secondary N) is 1. The zero-order valence-electron chi connectivity index (χ0n) is 15.1. The number of carbonyl (C=O) groups excluding carboxylic acids is 1. The molecule has 1 amide bonds. The van der Waals surface area contributed by atoms with E-state index in [1.165, 1.54) is 22.3 Å². The van der Waals surface area contributed by atoms with E-state index in [-0.39, 0.29) is 17.7 Å². The lowest BCUT2D eigenvalue weighted by Gasteiger charge is -2.50. The molecule has 0 radical (unpaired) electrons. The summed E-state index contributed by atoms with van der Waals surface area (Å²) in [4.78, 5) is 13.4. The average Bonchev–Trinajstić information content (AvgIpc) is 2.70. The summed E-state index contributed by atoms with van der Waals surface area (Å²) in [5.74, 6) is 0.411. The molecule has 3 aliphatic carbocycles. The molecule has 0 fully saturated rings.